The Balaban J connectivity index is 1.55. The van der Waals surface area contributed by atoms with Crippen molar-refractivity contribution in [2.45, 2.75) is 38.7 Å². The van der Waals surface area contributed by atoms with E-state index in [1.807, 2.05) is 12.1 Å². The van der Waals surface area contributed by atoms with Crippen LogP contribution < -0.4 is 9.47 Å². The summed E-state index contributed by atoms with van der Waals surface area (Å²) in [5.41, 5.74) is 1.51. The predicted molar refractivity (Wildman–Crippen MR) is 104 cm³/mol. The zero-order chi connectivity index (χ0) is 19.2. The summed E-state index contributed by atoms with van der Waals surface area (Å²) in [4.78, 5) is 24.5. The summed E-state index contributed by atoms with van der Waals surface area (Å²) in [5, 5.41) is 0. The summed E-state index contributed by atoms with van der Waals surface area (Å²) in [6.07, 6.45) is 3.92. The Kier molecular flexibility index (Phi) is 6.45. The molecular formula is C22H23O4Si. The highest BCUT2D eigenvalue weighted by atomic mass is 28.1. The Morgan fingerprint density at radius 2 is 1.44 bits per heavy atom. The van der Waals surface area contributed by atoms with Gasteiger partial charge in [-0.1, -0.05) is 24.6 Å². The van der Waals surface area contributed by atoms with E-state index in [0.717, 1.165) is 37.3 Å². The summed E-state index contributed by atoms with van der Waals surface area (Å²) in [7, 11) is 3.43. The van der Waals surface area contributed by atoms with Gasteiger partial charge in [-0.05, 0) is 74.0 Å². The van der Waals surface area contributed by atoms with Crippen molar-refractivity contribution < 1.29 is 19.1 Å². The van der Waals surface area contributed by atoms with Gasteiger partial charge in [-0.2, -0.15) is 0 Å². The van der Waals surface area contributed by atoms with Crippen LogP contribution in [0.5, 0.6) is 11.5 Å². The average Bonchev–Trinajstić information content (AvgIpc) is 2.69. The van der Waals surface area contributed by atoms with Crippen molar-refractivity contribution in [2.24, 2.45) is 11.8 Å². The van der Waals surface area contributed by atoms with Crippen LogP contribution in [0.25, 0.3) is 0 Å². The number of benzene rings is 2. The van der Waals surface area contributed by atoms with E-state index in [2.05, 4.69) is 17.2 Å². The van der Waals surface area contributed by atoms with Gasteiger partial charge in [0, 0.05) is 10.2 Å². The normalized spacial score (nSPS) is 19.3. The molecule has 0 amide bonds. The molecule has 1 saturated carbocycles. The molecule has 0 saturated heterocycles. The first-order valence-corrected chi connectivity index (χ1v) is 10.0. The lowest BCUT2D eigenvalue weighted by Gasteiger charge is -2.24. The molecule has 3 rings (SSSR count). The number of carbonyl (C=O) groups is 2. The van der Waals surface area contributed by atoms with Gasteiger partial charge in [-0.25, -0.2) is 4.79 Å². The second-order valence-corrected chi connectivity index (χ2v) is 7.47. The fourth-order valence-electron chi connectivity index (χ4n) is 3.20. The van der Waals surface area contributed by atoms with Crippen molar-refractivity contribution in [1.29, 1.82) is 0 Å². The quantitative estimate of drug-likeness (QED) is 0.441. The van der Waals surface area contributed by atoms with Gasteiger partial charge in [0.05, 0.1) is 11.5 Å². The third-order valence-corrected chi connectivity index (χ3v) is 5.40. The minimum Gasteiger partial charge on any atom is -0.426 e. The molecule has 3 radical (unpaired) electrons. The third-order valence-electron chi connectivity index (χ3n) is 5.00. The highest BCUT2D eigenvalue weighted by Gasteiger charge is 2.26. The molecule has 27 heavy (non-hydrogen) atoms. The molecule has 0 heterocycles. The SMILES string of the molecule is CC1CCC(C(=O)Oc2ccc(C(=O)Oc3ccc(C[Si])cc3)cc2)CC1. The van der Waals surface area contributed by atoms with Gasteiger partial charge in [-0.15, -0.1) is 0 Å². The monoisotopic (exact) mass is 379 g/mol. The molecule has 1 fully saturated rings. The van der Waals surface area contributed by atoms with Crippen molar-refractivity contribution in [3.05, 3.63) is 59.7 Å². The molecule has 139 valence electrons. The van der Waals surface area contributed by atoms with Gasteiger partial charge in [-0.3, -0.25) is 4.79 Å². The summed E-state index contributed by atoms with van der Waals surface area (Å²) in [5.74, 6) is 0.995. The fourth-order valence-corrected chi connectivity index (χ4v) is 3.43. The van der Waals surface area contributed by atoms with E-state index in [1.54, 1.807) is 36.4 Å². The first kappa shape index (κ1) is 19.4. The number of rotatable bonds is 5. The molecule has 0 atom stereocenters. The fraction of sp³-hybridized carbons (Fsp3) is 0.364. The number of hydrogen-bond acceptors (Lipinski definition) is 4. The molecule has 0 aromatic heterocycles. The number of ether oxygens (including phenoxy) is 2. The molecule has 0 bridgehead atoms. The smallest absolute Gasteiger partial charge is 0.343 e. The highest BCUT2D eigenvalue weighted by Crippen LogP contribution is 2.29. The molecular weight excluding hydrogens is 356 g/mol. The Labute approximate surface area is 163 Å². The van der Waals surface area contributed by atoms with Crippen LogP contribution in [0, 0.1) is 11.8 Å². The summed E-state index contributed by atoms with van der Waals surface area (Å²) in [6.45, 7) is 2.22. The molecule has 1 aliphatic carbocycles. The van der Waals surface area contributed by atoms with Gasteiger partial charge in [0.2, 0.25) is 0 Å². The summed E-state index contributed by atoms with van der Waals surface area (Å²) < 4.78 is 10.8. The average molecular weight is 380 g/mol. The molecule has 5 heteroatoms. The first-order chi connectivity index (χ1) is 13.0. The lowest BCUT2D eigenvalue weighted by molar-refractivity contribution is -0.140. The standard InChI is InChI=1S/C22H23O4Si/c1-15-2-6-17(7-3-15)21(23)26-20-12-8-18(9-13-20)22(24)25-19-10-4-16(14-27)5-11-19/h4-5,8-13,15,17H,2-3,6-7,14H2,1H3. The van der Waals surface area contributed by atoms with E-state index < -0.39 is 5.97 Å². The lowest BCUT2D eigenvalue weighted by Crippen LogP contribution is -2.24. The zero-order valence-corrected chi connectivity index (χ0v) is 16.4. The Morgan fingerprint density at radius 3 is 2.04 bits per heavy atom. The Bertz CT molecular complexity index is 775. The number of hydrogen-bond donors (Lipinski definition) is 0. The highest BCUT2D eigenvalue weighted by molar-refractivity contribution is 6.08. The van der Waals surface area contributed by atoms with Crippen molar-refractivity contribution in [3.8, 4) is 11.5 Å². The second kappa shape index (κ2) is 9.00. The lowest BCUT2D eigenvalue weighted by atomic mass is 9.83. The van der Waals surface area contributed by atoms with E-state index in [1.165, 1.54) is 0 Å². The van der Waals surface area contributed by atoms with Crippen LogP contribution in [-0.4, -0.2) is 22.2 Å². The minimum absolute atomic E-state index is 0.0202. The van der Waals surface area contributed by atoms with Crippen LogP contribution in [0.4, 0.5) is 0 Å². The molecule has 2 aromatic carbocycles. The van der Waals surface area contributed by atoms with Crippen molar-refractivity contribution in [2.75, 3.05) is 0 Å². The van der Waals surface area contributed by atoms with Gasteiger partial charge in [0.15, 0.2) is 0 Å². The van der Waals surface area contributed by atoms with Crippen LogP contribution in [0.15, 0.2) is 48.5 Å². The number of carbonyl (C=O) groups excluding carboxylic acids is 2. The van der Waals surface area contributed by atoms with E-state index in [0.29, 0.717) is 23.0 Å². The predicted octanol–water partition coefficient (Wildman–Crippen LogP) is 4.31. The van der Waals surface area contributed by atoms with E-state index >= 15 is 0 Å². The van der Waals surface area contributed by atoms with Crippen LogP contribution in [0.1, 0.15) is 48.5 Å². The van der Waals surface area contributed by atoms with Crippen molar-refractivity contribution >= 4 is 22.2 Å². The van der Waals surface area contributed by atoms with Gasteiger partial charge in [0.1, 0.15) is 11.5 Å². The molecule has 0 aliphatic heterocycles. The minimum atomic E-state index is -0.444. The first-order valence-electron chi connectivity index (χ1n) is 9.32. The van der Waals surface area contributed by atoms with Gasteiger partial charge in [0.25, 0.3) is 0 Å². The van der Waals surface area contributed by atoms with Crippen LogP contribution in [0.2, 0.25) is 0 Å². The number of esters is 2. The van der Waals surface area contributed by atoms with Gasteiger partial charge < -0.3 is 9.47 Å². The second-order valence-electron chi connectivity index (χ2n) is 7.11. The molecule has 4 nitrogen and oxygen atoms in total. The Morgan fingerprint density at radius 1 is 0.889 bits per heavy atom. The van der Waals surface area contributed by atoms with E-state index in [4.69, 9.17) is 9.47 Å². The van der Waals surface area contributed by atoms with Crippen molar-refractivity contribution in [3.63, 3.8) is 0 Å². The maximum atomic E-state index is 12.3. The van der Waals surface area contributed by atoms with Crippen LogP contribution >= 0.6 is 0 Å². The molecule has 0 unspecified atom stereocenters. The van der Waals surface area contributed by atoms with E-state index in [9.17, 15) is 9.59 Å². The largest absolute Gasteiger partial charge is 0.426 e. The topological polar surface area (TPSA) is 52.6 Å². The summed E-state index contributed by atoms with van der Waals surface area (Å²) >= 11 is 0. The maximum Gasteiger partial charge on any atom is 0.343 e. The van der Waals surface area contributed by atoms with E-state index in [-0.39, 0.29) is 11.9 Å². The molecule has 0 spiro atoms. The Hall–Kier alpha value is -2.40. The van der Waals surface area contributed by atoms with Crippen LogP contribution in [0.3, 0.4) is 0 Å². The van der Waals surface area contributed by atoms with Crippen LogP contribution in [-0.2, 0) is 10.8 Å². The zero-order valence-electron chi connectivity index (χ0n) is 15.4. The molecule has 0 N–H and O–H groups in total. The summed E-state index contributed by atoms with van der Waals surface area (Å²) in [6, 6.07) is 14.5. The molecule has 2 aromatic rings. The maximum absolute atomic E-state index is 12.3. The third kappa shape index (κ3) is 5.29. The molecule has 1 aliphatic rings. The van der Waals surface area contributed by atoms with Gasteiger partial charge >= 0.3 is 11.9 Å². The van der Waals surface area contributed by atoms with Crippen molar-refractivity contribution in [1.82, 2.24) is 0 Å².